The zero-order chi connectivity index (χ0) is 24.4. The molecule has 0 saturated carbocycles. The molecule has 6 nitrogen and oxygen atoms in total. The van der Waals surface area contributed by atoms with Crippen molar-refractivity contribution in [3.05, 3.63) is 90.0 Å². The van der Waals surface area contributed by atoms with Crippen molar-refractivity contribution < 1.29 is 17.9 Å². The predicted octanol–water partition coefficient (Wildman–Crippen LogP) is 3.66. The Morgan fingerprint density at radius 1 is 0.943 bits per heavy atom. The van der Waals surface area contributed by atoms with Crippen LogP contribution in [0.1, 0.15) is 23.1 Å². The van der Waals surface area contributed by atoms with Crippen molar-refractivity contribution >= 4 is 15.7 Å². The Labute approximate surface area is 206 Å². The number of amides is 1. The van der Waals surface area contributed by atoms with E-state index in [-0.39, 0.29) is 23.8 Å². The summed E-state index contributed by atoms with van der Waals surface area (Å²) in [7, 11) is -3.26. The van der Waals surface area contributed by atoms with Gasteiger partial charge in [-0.1, -0.05) is 66.7 Å². The second kappa shape index (κ2) is 9.93. The van der Waals surface area contributed by atoms with Crippen LogP contribution < -0.4 is 5.32 Å². The van der Waals surface area contributed by atoms with Crippen molar-refractivity contribution in [2.75, 3.05) is 39.1 Å². The molecule has 1 unspecified atom stereocenters. The van der Waals surface area contributed by atoms with Gasteiger partial charge in [-0.05, 0) is 34.4 Å². The van der Waals surface area contributed by atoms with Crippen LogP contribution in [0.4, 0.5) is 0 Å². The monoisotopic (exact) mass is 490 g/mol. The summed E-state index contributed by atoms with van der Waals surface area (Å²) in [5, 5.41) is 3.45. The van der Waals surface area contributed by atoms with Crippen LogP contribution in [0.25, 0.3) is 11.1 Å². The second-order valence-electron chi connectivity index (χ2n) is 9.29. The molecule has 182 valence electrons. The normalized spacial score (nSPS) is 22.8. The Hall–Kier alpha value is -3.00. The molecule has 7 heteroatoms. The molecule has 0 spiro atoms. The number of nitrogens with one attached hydrogen (secondary N) is 1. The van der Waals surface area contributed by atoms with E-state index in [2.05, 4.69) is 23.5 Å². The number of ether oxygens (including phenoxy) is 1. The lowest BCUT2D eigenvalue weighted by Gasteiger charge is -2.38. The number of sulfone groups is 1. The topological polar surface area (TPSA) is 75.7 Å². The molecule has 3 aromatic rings. The molecule has 3 aromatic carbocycles. The van der Waals surface area contributed by atoms with E-state index >= 15 is 0 Å². The third kappa shape index (κ3) is 4.89. The maximum absolute atomic E-state index is 13.9. The summed E-state index contributed by atoms with van der Waals surface area (Å²) < 4.78 is 29.5. The van der Waals surface area contributed by atoms with Gasteiger partial charge in [0.15, 0.2) is 9.84 Å². The van der Waals surface area contributed by atoms with Gasteiger partial charge in [-0.15, -0.1) is 0 Å². The van der Waals surface area contributed by atoms with Crippen LogP contribution in [0.3, 0.4) is 0 Å². The number of hydrogen-bond donors (Lipinski definition) is 1. The van der Waals surface area contributed by atoms with Crippen LogP contribution in [0.15, 0.2) is 83.8 Å². The van der Waals surface area contributed by atoms with Crippen LogP contribution in [-0.4, -0.2) is 58.3 Å². The summed E-state index contributed by atoms with van der Waals surface area (Å²) in [6, 6.07) is 25.1. The number of morpholine rings is 1. The van der Waals surface area contributed by atoms with Gasteiger partial charge >= 0.3 is 0 Å². The Kier molecular flexibility index (Phi) is 6.73. The van der Waals surface area contributed by atoms with Crippen molar-refractivity contribution in [1.82, 2.24) is 10.2 Å². The van der Waals surface area contributed by atoms with Crippen molar-refractivity contribution in [3.8, 4) is 11.1 Å². The molecule has 2 saturated heterocycles. The van der Waals surface area contributed by atoms with Crippen LogP contribution in [0, 0.1) is 5.92 Å². The van der Waals surface area contributed by atoms with E-state index < -0.39 is 9.84 Å². The highest BCUT2D eigenvalue weighted by Gasteiger charge is 2.40. The molecule has 0 aromatic heterocycles. The van der Waals surface area contributed by atoms with E-state index in [0.29, 0.717) is 31.2 Å². The van der Waals surface area contributed by atoms with Crippen LogP contribution in [-0.2, 0) is 19.4 Å². The van der Waals surface area contributed by atoms with Crippen molar-refractivity contribution in [1.29, 1.82) is 0 Å². The molecule has 35 heavy (non-hydrogen) atoms. The number of benzene rings is 3. The summed E-state index contributed by atoms with van der Waals surface area (Å²) in [6.07, 6.45) is 1.21. The number of carbonyl (C=O) groups is 1. The lowest BCUT2D eigenvalue weighted by Crippen LogP contribution is -2.47. The zero-order valence-corrected chi connectivity index (χ0v) is 20.6. The van der Waals surface area contributed by atoms with Gasteiger partial charge in [0.25, 0.3) is 0 Å². The fraction of sp³-hybridized carbons (Fsp3) is 0.321. The highest BCUT2D eigenvalue weighted by atomic mass is 32.2. The standard InChI is InChI=1S/C28H30N2O4S/c1-35(32,33)22-13-11-20(12-14-22)23-9-5-6-10-24(23)25-17-29-18-26(25)28(31)30-15-16-34-19-27(30)21-7-3-2-4-8-21/h2-14,25-27,29H,15-19H2,1H3/t25-,26?,27+/m0/s1. The molecule has 5 rings (SSSR count). The largest absolute Gasteiger partial charge is 0.377 e. The fourth-order valence-electron chi connectivity index (χ4n) is 5.26. The van der Waals surface area contributed by atoms with Crippen molar-refractivity contribution in [2.24, 2.45) is 5.92 Å². The first-order valence-electron chi connectivity index (χ1n) is 12.0. The lowest BCUT2D eigenvalue weighted by molar-refractivity contribution is -0.144. The number of rotatable bonds is 5. The number of nitrogens with zero attached hydrogens (tertiary/aromatic N) is 1. The minimum Gasteiger partial charge on any atom is -0.377 e. The molecule has 0 radical (unpaired) electrons. The third-order valence-electron chi connectivity index (χ3n) is 7.08. The van der Waals surface area contributed by atoms with E-state index in [1.807, 2.05) is 53.4 Å². The molecule has 1 N–H and O–H groups in total. The summed E-state index contributed by atoms with van der Waals surface area (Å²) in [6.45, 7) is 2.97. The fourth-order valence-corrected chi connectivity index (χ4v) is 5.89. The average molecular weight is 491 g/mol. The highest BCUT2D eigenvalue weighted by Crippen LogP contribution is 2.38. The average Bonchev–Trinajstić information content (AvgIpc) is 3.38. The molecule has 2 aliphatic heterocycles. The minimum absolute atomic E-state index is 0.0209. The van der Waals surface area contributed by atoms with E-state index in [9.17, 15) is 13.2 Å². The molecule has 0 aliphatic carbocycles. The van der Waals surface area contributed by atoms with E-state index in [1.54, 1.807) is 12.1 Å². The summed E-state index contributed by atoms with van der Waals surface area (Å²) in [5.74, 6) is -0.0114. The molecule has 2 heterocycles. The van der Waals surface area contributed by atoms with Gasteiger partial charge in [0.2, 0.25) is 5.91 Å². The Morgan fingerprint density at radius 2 is 1.66 bits per heavy atom. The lowest BCUT2D eigenvalue weighted by atomic mass is 9.83. The maximum Gasteiger partial charge on any atom is 0.228 e. The first-order chi connectivity index (χ1) is 16.9. The number of carbonyl (C=O) groups excluding carboxylic acids is 1. The van der Waals surface area contributed by atoms with Crippen LogP contribution in [0.5, 0.6) is 0 Å². The van der Waals surface area contributed by atoms with Crippen molar-refractivity contribution in [2.45, 2.75) is 16.9 Å². The number of hydrogen-bond acceptors (Lipinski definition) is 5. The van der Waals surface area contributed by atoms with Crippen molar-refractivity contribution in [3.63, 3.8) is 0 Å². The van der Waals surface area contributed by atoms with Gasteiger partial charge in [-0.2, -0.15) is 0 Å². The molecular formula is C28H30N2O4S. The smallest absolute Gasteiger partial charge is 0.228 e. The zero-order valence-electron chi connectivity index (χ0n) is 19.8. The second-order valence-corrected chi connectivity index (χ2v) is 11.3. The third-order valence-corrected chi connectivity index (χ3v) is 8.21. The SMILES string of the molecule is CS(=O)(=O)c1ccc(-c2ccccc2[C@@H]2CNCC2C(=O)N2CCOC[C@@H]2c2ccccc2)cc1. The maximum atomic E-state index is 13.9. The molecule has 0 bridgehead atoms. The minimum atomic E-state index is -3.26. The summed E-state index contributed by atoms with van der Waals surface area (Å²) >= 11 is 0. The molecule has 1 amide bonds. The Bertz CT molecular complexity index is 1290. The first kappa shape index (κ1) is 23.7. The van der Waals surface area contributed by atoms with Crippen LogP contribution in [0.2, 0.25) is 0 Å². The summed E-state index contributed by atoms with van der Waals surface area (Å²) in [4.78, 5) is 16.2. The van der Waals surface area contributed by atoms with Gasteiger partial charge in [0, 0.05) is 31.8 Å². The van der Waals surface area contributed by atoms with Gasteiger partial charge in [0.05, 0.1) is 30.1 Å². The van der Waals surface area contributed by atoms with E-state index in [0.717, 1.165) is 28.8 Å². The molecule has 2 aliphatic rings. The van der Waals surface area contributed by atoms with Gasteiger partial charge < -0.3 is 15.0 Å². The Morgan fingerprint density at radius 3 is 2.40 bits per heavy atom. The Balaban J connectivity index is 1.45. The predicted molar refractivity (Wildman–Crippen MR) is 136 cm³/mol. The van der Waals surface area contributed by atoms with E-state index in [1.165, 1.54) is 6.26 Å². The van der Waals surface area contributed by atoms with E-state index in [4.69, 9.17) is 4.74 Å². The highest BCUT2D eigenvalue weighted by molar-refractivity contribution is 7.90. The summed E-state index contributed by atoms with van der Waals surface area (Å²) in [5.41, 5.74) is 4.17. The first-order valence-corrected chi connectivity index (χ1v) is 13.9. The quantitative estimate of drug-likeness (QED) is 0.591. The van der Waals surface area contributed by atoms with Gasteiger partial charge in [-0.25, -0.2) is 8.42 Å². The van der Waals surface area contributed by atoms with Gasteiger partial charge in [-0.3, -0.25) is 4.79 Å². The molecular weight excluding hydrogens is 460 g/mol. The van der Waals surface area contributed by atoms with Crippen LogP contribution >= 0.6 is 0 Å². The molecule has 2 fully saturated rings. The molecule has 3 atom stereocenters. The van der Waals surface area contributed by atoms with Gasteiger partial charge in [0.1, 0.15) is 0 Å².